The van der Waals surface area contributed by atoms with Gasteiger partial charge in [0.05, 0.1) is 13.2 Å². The summed E-state index contributed by atoms with van der Waals surface area (Å²) in [4.78, 5) is 0. The van der Waals surface area contributed by atoms with Gasteiger partial charge in [-0.3, -0.25) is 0 Å². The monoisotopic (exact) mass is 411 g/mol. The van der Waals surface area contributed by atoms with E-state index in [-0.39, 0.29) is 6.04 Å². The van der Waals surface area contributed by atoms with E-state index >= 15 is 0 Å². The molecule has 0 aliphatic heterocycles. The fourth-order valence-corrected chi connectivity index (χ4v) is 4.07. The maximum atomic E-state index is 5.45. The van der Waals surface area contributed by atoms with Crippen LogP contribution in [-0.4, -0.2) is 14.2 Å². The van der Waals surface area contributed by atoms with E-state index < -0.39 is 0 Å². The van der Waals surface area contributed by atoms with Gasteiger partial charge >= 0.3 is 0 Å². The maximum absolute atomic E-state index is 5.45. The van der Waals surface area contributed by atoms with Gasteiger partial charge in [0.1, 0.15) is 5.75 Å². The predicted molar refractivity (Wildman–Crippen MR) is 95.2 cm³/mol. The summed E-state index contributed by atoms with van der Waals surface area (Å²) >= 11 is 7.11. The van der Waals surface area contributed by atoms with Crippen molar-refractivity contribution in [1.82, 2.24) is 5.32 Å². The number of benzene rings is 2. The van der Waals surface area contributed by atoms with E-state index in [1.807, 2.05) is 13.1 Å². The molecular weight excluding hydrogens is 394 g/mol. The van der Waals surface area contributed by atoms with Crippen molar-refractivity contribution in [3.8, 4) is 5.75 Å². The van der Waals surface area contributed by atoms with Crippen LogP contribution < -0.4 is 10.1 Å². The average Bonchev–Trinajstić information content (AvgIpc) is 2.38. The molecule has 4 heteroatoms. The van der Waals surface area contributed by atoms with Crippen LogP contribution in [0.2, 0.25) is 0 Å². The van der Waals surface area contributed by atoms with E-state index in [1.54, 1.807) is 7.11 Å². The van der Waals surface area contributed by atoms with Crippen molar-refractivity contribution in [1.29, 1.82) is 0 Å². The highest BCUT2D eigenvalue weighted by Gasteiger charge is 2.16. The van der Waals surface area contributed by atoms with E-state index in [0.29, 0.717) is 0 Å². The van der Waals surface area contributed by atoms with Gasteiger partial charge < -0.3 is 10.1 Å². The molecule has 0 saturated carbocycles. The van der Waals surface area contributed by atoms with Gasteiger partial charge in [-0.25, -0.2) is 0 Å². The molecule has 1 unspecified atom stereocenters. The molecule has 1 N–H and O–H groups in total. The van der Waals surface area contributed by atoms with Crippen molar-refractivity contribution < 1.29 is 4.74 Å². The second-order valence-corrected chi connectivity index (χ2v) is 6.94. The first-order valence-electron chi connectivity index (χ1n) is 6.74. The minimum atomic E-state index is 0.141. The third-order valence-corrected chi connectivity index (χ3v) is 4.44. The molecule has 0 aliphatic rings. The van der Waals surface area contributed by atoms with Crippen molar-refractivity contribution in [2.45, 2.75) is 19.9 Å². The Balaban J connectivity index is 2.51. The van der Waals surface area contributed by atoms with Crippen LogP contribution in [0.4, 0.5) is 0 Å². The van der Waals surface area contributed by atoms with Crippen molar-refractivity contribution in [3.05, 3.63) is 61.5 Å². The minimum Gasteiger partial charge on any atom is -0.496 e. The van der Waals surface area contributed by atoms with Gasteiger partial charge in [0.2, 0.25) is 0 Å². The zero-order valence-electron chi connectivity index (χ0n) is 12.6. The number of halogens is 2. The number of ether oxygens (including phenoxy) is 1. The van der Waals surface area contributed by atoms with Gasteiger partial charge in [-0.15, -0.1) is 0 Å². The lowest BCUT2D eigenvalue weighted by atomic mass is 9.95. The quantitative estimate of drug-likeness (QED) is 0.749. The van der Waals surface area contributed by atoms with E-state index in [4.69, 9.17) is 4.74 Å². The molecule has 21 heavy (non-hydrogen) atoms. The van der Waals surface area contributed by atoms with Gasteiger partial charge in [0, 0.05) is 8.95 Å². The molecule has 0 heterocycles. The molecule has 0 radical (unpaired) electrons. The Bertz CT molecular complexity index is 612. The molecule has 1 atom stereocenters. The second-order valence-electron chi connectivity index (χ2n) is 5.11. The zero-order valence-corrected chi connectivity index (χ0v) is 15.8. The number of aryl methyl sites for hydroxylation is 2. The van der Waals surface area contributed by atoms with Crippen LogP contribution in [-0.2, 0) is 0 Å². The third kappa shape index (κ3) is 3.68. The SMILES string of the molecule is CNC(c1cc(Br)cc(Br)c1)c1cc(C)c(OC)c(C)c1. The van der Waals surface area contributed by atoms with E-state index in [1.165, 1.54) is 11.1 Å². The Kier molecular flexibility index (Phi) is 5.47. The Morgan fingerprint density at radius 1 is 0.905 bits per heavy atom. The number of methoxy groups -OCH3 is 1. The fourth-order valence-electron chi connectivity index (χ4n) is 2.74. The highest BCUT2D eigenvalue weighted by molar-refractivity contribution is 9.11. The fraction of sp³-hybridized carbons (Fsp3) is 0.294. The number of rotatable bonds is 4. The Hall–Kier alpha value is -0.840. The summed E-state index contributed by atoms with van der Waals surface area (Å²) in [6.45, 7) is 4.16. The summed E-state index contributed by atoms with van der Waals surface area (Å²) in [5, 5.41) is 3.40. The van der Waals surface area contributed by atoms with Crippen molar-refractivity contribution in [2.75, 3.05) is 14.2 Å². The molecule has 2 rings (SSSR count). The molecule has 0 fully saturated rings. The molecule has 2 aromatic carbocycles. The molecule has 2 aromatic rings. The third-order valence-electron chi connectivity index (χ3n) is 3.53. The first-order chi connectivity index (χ1) is 9.96. The second kappa shape index (κ2) is 6.95. The van der Waals surface area contributed by atoms with Crippen LogP contribution in [0.1, 0.15) is 28.3 Å². The van der Waals surface area contributed by atoms with Gasteiger partial charge in [-0.2, -0.15) is 0 Å². The van der Waals surface area contributed by atoms with Crippen LogP contribution in [0.3, 0.4) is 0 Å². The van der Waals surface area contributed by atoms with Crippen LogP contribution in [0.25, 0.3) is 0 Å². The molecule has 0 amide bonds. The highest BCUT2D eigenvalue weighted by atomic mass is 79.9. The number of hydrogen-bond donors (Lipinski definition) is 1. The van der Waals surface area contributed by atoms with Crippen LogP contribution in [0.5, 0.6) is 5.75 Å². The van der Waals surface area contributed by atoms with Crippen molar-refractivity contribution >= 4 is 31.9 Å². The lowest BCUT2D eigenvalue weighted by Gasteiger charge is -2.20. The smallest absolute Gasteiger partial charge is 0.124 e. The zero-order chi connectivity index (χ0) is 15.6. The average molecular weight is 413 g/mol. The van der Waals surface area contributed by atoms with Crippen LogP contribution >= 0.6 is 31.9 Å². The molecule has 0 spiro atoms. The summed E-state index contributed by atoms with van der Waals surface area (Å²) < 4.78 is 7.58. The molecular formula is C17H19Br2NO. The summed E-state index contributed by atoms with van der Waals surface area (Å²) in [6, 6.07) is 10.8. The predicted octanol–water partition coefficient (Wildman–Crippen LogP) is 5.15. The van der Waals surface area contributed by atoms with Gasteiger partial charge in [0.15, 0.2) is 0 Å². The van der Waals surface area contributed by atoms with Gasteiger partial charge in [-0.05, 0) is 61.3 Å². The Labute approximate surface area is 143 Å². The molecule has 0 aromatic heterocycles. The summed E-state index contributed by atoms with van der Waals surface area (Å²) in [5.74, 6) is 0.962. The normalized spacial score (nSPS) is 12.3. The Morgan fingerprint density at radius 2 is 1.38 bits per heavy atom. The summed E-state index contributed by atoms with van der Waals surface area (Å²) in [6.07, 6.45) is 0. The van der Waals surface area contributed by atoms with Gasteiger partial charge in [0.25, 0.3) is 0 Å². The lowest BCUT2D eigenvalue weighted by Crippen LogP contribution is -2.18. The molecule has 0 saturated heterocycles. The number of nitrogens with one attached hydrogen (secondary N) is 1. The molecule has 0 aliphatic carbocycles. The maximum Gasteiger partial charge on any atom is 0.124 e. The van der Waals surface area contributed by atoms with E-state index in [0.717, 1.165) is 25.8 Å². The van der Waals surface area contributed by atoms with E-state index in [9.17, 15) is 0 Å². The van der Waals surface area contributed by atoms with Crippen molar-refractivity contribution in [2.24, 2.45) is 0 Å². The highest BCUT2D eigenvalue weighted by Crippen LogP contribution is 2.32. The number of hydrogen-bond acceptors (Lipinski definition) is 2. The summed E-state index contributed by atoms with van der Waals surface area (Å²) in [7, 11) is 3.70. The van der Waals surface area contributed by atoms with E-state index in [2.05, 4.69) is 75.3 Å². The largest absolute Gasteiger partial charge is 0.496 e. The summed E-state index contributed by atoms with van der Waals surface area (Å²) in [5.41, 5.74) is 4.75. The standard InChI is InChI=1S/C17H19Br2NO/c1-10-5-12(6-11(2)17(10)21-4)16(20-3)13-7-14(18)9-15(19)8-13/h5-9,16,20H,1-4H3. The van der Waals surface area contributed by atoms with Crippen LogP contribution in [0.15, 0.2) is 39.3 Å². The molecule has 2 nitrogen and oxygen atoms in total. The molecule has 0 bridgehead atoms. The van der Waals surface area contributed by atoms with Gasteiger partial charge in [-0.1, -0.05) is 44.0 Å². The Morgan fingerprint density at radius 3 is 1.81 bits per heavy atom. The minimum absolute atomic E-state index is 0.141. The lowest BCUT2D eigenvalue weighted by molar-refractivity contribution is 0.408. The van der Waals surface area contributed by atoms with Crippen molar-refractivity contribution in [3.63, 3.8) is 0 Å². The first kappa shape index (κ1) is 16.5. The first-order valence-corrected chi connectivity index (χ1v) is 8.33. The van der Waals surface area contributed by atoms with Crippen LogP contribution in [0, 0.1) is 13.8 Å². The molecule has 112 valence electrons. The topological polar surface area (TPSA) is 21.3 Å².